The van der Waals surface area contributed by atoms with Crippen molar-refractivity contribution in [1.29, 1.82) is 0 Å². The molecule has 4 heteroatoms. The summed E-state index contributed by atoms with van der Waals surface area (Å²) in [5, 5.41) is 0. The highest BCUT2D eigenvalue weighted by Gasteiger charge is 2.29. The van der Waals surface area contributed by atoms with Crippen LogP contribution in [-0.2, 0) is 4.74 Å². The summed E-state index contributed by atoms with van der Waals surface area (Å²) in [5.74, 6) is 0.822. The van der Waals surface area contributed by atoms with E-state index in [2.05, 4.69) is 38.1 Å². The van der Waals surface area contributed by atoms with E-state index in [9.17, 15) is 4.79 Å². The number of rotatable bonds is 3. The predicted octanol–water partition coefficient (Wildman–Crippen LogP) is 3.08. The molecular weight excluding hydrogens is 264 g/mol. The molecule has 21 heavy (non-hydrogen) atoms. The number of hydrogen-bond acceptors (Lipinski definition) is 3. The second-order valence-corrected chi connectivity index (χ2v) is 6.12. The van der Waals surface area contributed by atoms with E-state index in [1.807, 2.05) is 6.92 Å². The molecule has 1 aromatic rings. The van der Waals surface area contributed by atoms with Gasteiger partial charge in [0.25, 0.3) is 0 Å². The quantitative estimate of drug-likeness (QED) is 0.930. The van der Waals surface area contributed by atoms with Crippen LogP contribution in [-0.4, -0.2) is 36.7 Å². The summed E-state index contributed by atoms with van der Waals surface area (Å²) in [6.07, 6.45) is 0.660. The van der Waals surface area contributed by atoms with Crippen molar-refractivity contribution in [3.05, 3.63) is 35.4 Å². The maximum Gasteiger partial charge on any atom is 0.409 e. The molecule has 0 saturated carbocycles. The summed E-state index contributed by atoms with van der Waals surface area (Å²) in [6.45, 7) is 7.87. The van der Waals surface area contributed by atoms with E-state index in [1.54, 1.807) is 4.90 Å². The van der Waals surface area contributed by atoms with Gasteiger partial charge in [0.1, 0.15) is 0 Å². The lowest BCUT2D eigenvalue weighted by Gasteiger charge is -2.35. The van der Waals surface area contributed by atoms with Crippen molar-refractivity contribution < 1.29 is 9.53 Å². The van der Waals surface area contributed by atoms with Gasteiger partial charge in [0.15, 0.2) is 0 Å². The Morgan fingerprint density at radius 3 is 2.57 bits per heavy atom. The minimum Gasteiger partial charge on any atom is -0.450 e. The van der Waals surface area contributed by atoms with Gasteiger partial charge < -0.3 is 15.4 Å². The summed E-state index contributed by atoms with van der Waals surface area (Å²) >= 11 is 0. The van der Waals surface area contributed by atoms with Gasteiger partial charge in [-0.1, -0.05) is 38.1 Å². The number of amides is 1. The van der Waals surface area contributed by atoms with Crippen molar-refractivity contribution >= 4 is 6.09 Å². The topological polar surface area (TPSA) is 55.6 Å². The van der Waals surface area contributed by atoms with E-state index >= 15 is 0 Å². The largest absolute Gasteiger partial charge is 0.450 e. The Morgan fingerprint density at radius 1 is 1.33 bits per heavy atom. The molecule has 0 aromatic heterocycles. The van der Waals surface area contributed by atoms with Gasteiger partial charge in [-0.05, 0) is 30.4 Å². The van der Waals surface area contributed by atoms with Crippen molar-refractivity contribution in [3.8, 4) is 0 Å². The second kappa shape index (κ2) is 6.94. The smallest absolute Gasteiger partial charge is 0.409 e. The number of nitrogens with zero attached hydrogens (tertiary/aromatic N) is 1. The Hall–Kier alpha value is -1.55. The standard InChI is InChI=1S/C17H26N2O2/c1-4-21-17(20)19-10-15(9-16(18)11-19)14-7-5-13(6-8-14)12(2)3/h5-8,12,15-16H,4,9-11,18H2,1-3H3. The third-order valence-electron chi connectivity index (χ3n) is 4.08. The van der Waals surface area contributed by atoms with Crippen LogP contribution in [0.1, 0.15) is 50.2 Å². The average Bonchev–Trinajstić information content (AvgIpc) is 2.47. The fourth-order valence-electron chi connectivity index (χ4n) is 2.90. The Kier molecular flexibility index (Phi) is 5.23. The zero-order valence-corrected chi connectivity index (χ0v) is 13.2. The van der Waals surface area contributed by atoms with Crippen LogP contribution in [0.3, 0.4) is 0 Å². The number of hydrogen-bond donors (Lipinski definition) is 1. The molecule has 2 N–H and O–H groups in total. The highest BCUT2D eigenvalue weighted by molar-refractivity contribution is 5.68. The van der Waals surface area contributed by atoms with Crippen LogP contribution < -0.4 is 5.73 Å². The van der Waals surface area contributed by atoms with Crippen LogP contribution in [0.2, 0.25) is 0 Å². The Labute approximate surface area is 127 Å². The summed E-state index contributed by atoms with van der Waals surface area (Å²) < 4.78 is 5.10. The zero-order chi connectivity index (χ0) is 15.4. The van der Waals surface area contributed by atoms with E-state index in [4.69, 9.17) is 10.5 Å². The number of nitrogens with two attached hydrogens (primary N) is 1. The van der Waals surface area contributed by atoms with E-state index in [0.29, 0.717) is 31.5 Å². The van der Waals surface area contributed by atoms with E-state index < -0.39 is 0 Å². The number of piperidine rings is 1. The molecule has 2 unspecified atom stereocenters. The van der Waals surface area contributed by atoms with Crippen LogP contribution in [0.25, 0.3) is 0 Å². The third-order valence-corrected chi connectivity index (χ3v) is 4.08. The van der Waals surface area contributed by atoms with Crippen molar-refractivity contribution in [1.82, 2.24) is 4.90 Å². The molecule has 116 valence electrons. The van der Waals surface area contributed by atoms with Crippen LogP contribution >= 0.6 is 0 Å². The number of ether oxygens (including phenoxy) is 1. The molecule has 0 spiro atoms. The molecule has 0 bridgehead atoms. The molecule has 1 heterocycles. The monoisotopic (exact) mass is 290 g/mol. The summed E-state index contributed by atoms with van der Waals surface area (Å²) in [4.78, 5) is 13.6. The maximum absolute atomic E-state index is 11.9. The van der Waals surface area contributed by atoms with Gasteiger partial charge in [-0.3, -0.25) is 0 Å². The molecule has 2 atom stereocenters. The summed E-state index contributed by atoms with van der Waals surface area (Å²) in [6, 6.07) is 8.70. The van der Waals surface area contributed by atoms with Gasteiger partial charge in [0.05, 0.1) is 6.61 Å². The molecule has 1 aliphatic rings. The van der Waals surface area contributed by atoms with Crippen LogP contribution in [0, 0.1) is 0 Å². The summed E-state index contributed by atoms with van der Waals surface area (Å²) in [7, 11) is 0. The third kappa shape index (κ3) is 3.97. The van der Waals surface area contributed by atoms with Crippen LogP contribution in [0.5, 0.6) is 0 Å². The molecule has 2 rings (SSSR count). The molecule has 1 amide bonds. The first kappa shape index (κ1) is 15.8. The molecule has 0 radical (unpaired) electrons. The molecule has 1 saturated heterocycles. The van der Waals surface area contributed by atoms with Gasteiger partial charge in [-0.25, -0.2) is 4.79 Å². The SMILES string of the molecule is CCOC(=O)N1CC(N)CC(c2ccc(C(C)C)cc2)C1. The lowest BCUT2D eigenvalue weighted by atomic mass is 9.87. The van der Waals surface area contributed by atoms with Gasteiger partial charge in [-0.15, -0.1) is 0 Å². The molecule has 1 fully saturated rings. The van der Waals surface area contributed by atoms with Crippen molar-refractivity contribution in [2.45, 2.75) is 45.1 Å². The predicted molar refractivity (Wildman–Crippen MR) is 84.5 cm³/mol. The maximum atomic E-state index is 11.9. The molecule has 1 aromatic carbocycles. The zero-order valence-electron chi connectivity index (χ0n) is 13.2. The summed E-state index contributed by atoms with van der Waals surface area (Å²) in [5.41, 5.74) is 8.70. The van der Waals surface area contributed by atoms with E-state index in [1.165, 1.54) is 11.1 Å². The van der Waals surface area contributed by atoms with Gasteiger partial charge in [-0.2, -0.15) is 0 Å². The van der Waals surface area contributed by atoms with Crippen LogP contribution in [0.4, 0.5) is 4.79 Å². The van der Waals surface area contributed by atoms with E-state index in [0.717, 1.165) is 6.42 Å². The lowest BCUT2D eigenvalue weighted by Crippen LogP contribution is -2.48. The first-order chi connectivity index (χ1) is 10.0. The van der Waals surface area contributed by atoms with Gasteiger partial charge in [0, 0.05) is 25.0 Å². The average molecular weight is 290 g/mol. The molecule has 0 aliphatic carbocycles. The van der Waals surface area contributed by atoms with Crippen LogP contribution in [0.15, 0.2) is 24.3 Å². The first-order valence-electron chi connectivity index (χ1n) is 7.78. The number of likely N-dealkylation sites (tertiary alicyclic amines) is 1. The number of carbonyl (C=O) groups excluding carboxylic acids is 1. The second-order valence-electron chi connectivity index (χ2n) is 6.12. The Morgan fingerprint density at radius 2 is 2.00 bits per heavy atom. The van der Waals surface area contributed by atoms with Crippen molar-refractivity contribution in [2.75, 3.05) is 19.7 Å². The van der Waals surface area contributed by atoms with Crippen molar-refractivity contribution in [2.24, 2.45) is 5.73 Å². The lowest BCUT2D eigenvalue weighted by molar-refractivity contribution is 0.0918. The van der Waals surface area contributed by atoms with Gasteiger partial charge >= 0.3 is 6.09 Å². The Bertz CT molecular complexity index is 470. The highest BCUT2D eigenvalue weighted by atomic mass is 16.6. The molecule has 4 nitrogen and oxygen atoms in total. The fraction of sp³-hybridized carbons (Fsp3) is 0.588. The van der Waals surface area contributed by atoms with E-state index in [-0.39, 0.29) is 12.1 Å². The Balaban J connectivity index is 2.09. The number of benzene rings is 1. The minimum absolute atomic E-state index is 0.0120. The minimum atomic E-state index is -0.253. The number of carbonyl (C=O) groups is 1. The molecular formula is C17H26N2O2. The molecule has 1 aliphatic heterocycles. The fourth-order valence-corrected chi connectivity index (χ4v) is 2.90. The first-order valence-corrected chi connectivity index (χ1v) is 7.78. The normalized spacial score (nSPS) is 22.4. The highest BCUT2D eigenvalue weighted by Crippen LogP contribution is 2.28. The van der Waals surface area contributed by atoms with Gasteiger partial charge in [0.2, 0.25) is 0 Å². The van der Waals surface area contributed by atoms with Crippen molar-refractivity contribution in [3.63, 3.8) is 0 Å².